The zero-order chi connectivity index (χ0) is 15.4. The van der Waals surface area contributed by atoms with Crippen LogP contribution in [0.4, 0.5) is 0 Å². The fourth-order valence-electron chi connectivity index (χ4n) is 4.05. The highest BCUT2D eigenvalue weighted by Crippen LogP contribution is 2.28. The van der Waals surface area contributed by atoms with Crippen LogP contribution in [0.1, 0.15) is 38.2 Å². The van der Waals surface area contributed by atoms with Crippen molar-refractivity contribution >= 4 is 0 Å². The topological polar surface area (TPSA) is 15.7 Å². The molecular weight excluding hydrogens is 272 g/mol. The zero-order valence-electron chi connectivity index (χ0n) is 14.1. The number of rotatable bonds is 4. The summed E-state index contributed by atoms with van der Waals surface area (Å²) >= 11 is 0. The highest BCUT2D eigenvalue weighted by Gasteiger charge is 2.27. The predicted octanol–water partition coefficient (Wildman–Crippen LogP) is 3.39. The molecule has 0 radical (unpaired) electrons. The van der Waals surface area contributed by atoms with Gasteiger partial charge in [0.1, 0.15) is 5.75 Å². The molecule has 122 valence electrons. The molecule has 1 saturated heterocycles. The Kier molecular flexibility index (Phi) is 5.37. The van der Waals surface area contributed by atoms with E-state index in [2.05, 4.69) is 34.9 Å². The summed E-state index contributed by atoms with van der Waals surface area (Å²) in [6.07, 6.45) is 5.69. The van der Waals surface area contributed by atoms with Gasteiger partial charge >= 0.3 is 0 Å². The van der Waals surface area contributed by atoms with E-state index in [0.717, 1.165) is 24.3 Å². The summed E-state index contributed by atoms with van der Waals surface area (Å²) in [5, 5.41) is 0. The van der Waals surface area contributed by atoms with Gasteiger partial charge in [-0.15, -0.1) is 0 Å². The third-order valence-corrected chi connectivity index (χ3v) is 5.37. The van der Waals surface area contributed by atoms with Crippen molar-refractivity contribution < 1.29 is 4.74 Å². The van der Waals surface area contributed by atoms with Crippen molar-refractivity contribution in [1.82, 2.24) is 9.80 Å². The average Bonchev–Trinajstić information content (AvgIpc) is 2.56. The first-order valence-corrected chi connectivity index (χ1v) is 8.84. The highest BCUT2D eigenvalue weighted by molar-refractivity contribution is 5.28. The molecule has 0 unspecified atom stereocenters. The molecule has 22 heavy (non-hydrogen) atoms. The normalized spacial score (nSPS) is 27.7. The van der Waals surface area contributed by atoms with E-state index < -0.39 is 0 Å². The van der Waals surface area contributed by atoms with Crippen LogP contribution in [0.2, 0.25) is 0 Å². The summed E-state index contributed by atoms with van der Waals surface area (Å²) in [6.45, 7) is 8.34. The molecule has 3 nitrogen and oxygen atoms in total. The van der Waals surface area contributed by atoms with Crippen molar-refractivity contribution in [2.24, 2.45) is 5.92 Å². The van der Waals surface area contributed by atoms with Gasteiger partial charge in [-0.1, -0.05) is 31.9 Å². The van der Waals surface area contributed by atoms with Gasteiger partial charge in [0, 0.05) is 38.8 Å². The third kappa shape index (κ3) is 4.02. The summed E-state index contributed by atoms with van der Waals surface area (Å²) in [5.41, 5.74) is 1.36. The first-order chi connectivity index (χ1) is 10.7. The lowest BCUT2D eigenvalue weighted by Crippen LogP contribution is -2.50. The van der Waals surface area contributed by atoms with Gasteiger partial charge in [0.15, 0.2) is 0 Å². The number of hydrogen-bond donors (Lipinski definition) is 0. The summed E-state index contributed by atoms with van der Waals surface area (Å²) in [6, 6.07) is 9.33. The van der Waals surface area contributed by atoms with Crippen LogP contribution in [0.25, 0.3) is 0 Å². The maximum absolute atomic E-state index is 5.32. The van der Waals surface area contributed by atoms with E-state index >= 15 is 0 Å². The van der Waals surface area contributed by atoms with E-state index in [1.807, 2.05) is 6.07 Å². The molecule has 0 aromatic heterocycles. The summed E-state index contributed by atoms with van der Waals surface area (Å²) in [4.78, 5) is 5.33. The van der Waals surface area contributed by atoms with Crippen LogP contribution in [0.15, 0.2) is 24.3 Å². The molecule has 1 aromatic rings. The number of ether oxygens (including phenoxy) is 1. The van der Waals surface area contributed by atoms with Gasteiger partial charge in [-0.3, -0.25) is 9.80 Å². The van der Waals surface area contributed by atoms with Gasteiger partial charge in [0.25, 0.3) is 0 Å². The molecule has 2 aliphatic rings. The summed E-state index contributed by atoms with van der Waals surface area (Å²) in [7, 11) is 1.74. The second-order valence-electron chi connectivity index (χ2n) is 7.09. The van der Waals surface area contributed by atoms with Crippen molar-refractivity contribution in [3.8, 4) is 5.75 Å². The minimum Gasteiger partial charge on any atom is -0.497 e. The van der Waals surface area contributed by atoms with Gasteiger partial charge in [-0.25, -0.2) is 0 Å². The van der Waals surface area contributed by atoms with Gasteiger partial charge in [-0.2, -0.15) is 0 Å². The van der Waals surface area contributed by atoms with Crippen molar-refractivity contribution in [1.29, 1.82) is 0 Å². The summed E-state index contributed by atoms with van der Waals surface area (Å²) < 4.78 is 5.32. The highest BCUT2D eigenvalue weighted by atomic mass is 16.5. The quantitative estimate of drug-likeness (QED) is 0.848. The first-order valence-electron chi connectivity index (χ1n) is 8.84. The molecule has 2 atom stereocenters. The largest absolute Gasteiger partial charge is 0.497 e. The fourth-order valence-corrected chi connectivity index (χ4v) is 4.05. The van der Waals surface area contributed by atoms with E-state index in [1.165, 1.54) is 57.4 Å². The van der Waals surface area contributed by atoms with Crippen LogP contribution in [0.5, 0.6) is 5.75 Å². The lowest BCUT2D eigenvalue weighted by molar-refractivity contribution is 0.0659. The van der Waals surface area contributed by atoms with Crippen LogP contribution < -0.4 is 4.74 Å². The second-order valence-corrected chi connectivity index (χ2v) is 7.09. The van der Waals surface area contributed by atoms with Crippen LogP contribution in [0, 0.1) is 5.92 Å². The van der Waals surface area contributed by atoms with Crippen molar-refractivity contribution in [3.63, 3.8) is 0 Å². The lowest BCUT2D eigenvalue weighted by Gasteiger charge is -2.42. The van der Waals surface area contributed by atoms with Crippen LogP contribution in [-0.4, -0.2) is 49.1 Å². The maximum atomic E-state index is 5.32. The minimum atomic E-state index is 0.850. The van der Waals surface area contributed by atoms with Gasteiger partial charge in [0.05, 0.1) is 7.11 Å². The van der Waals surface area contributed by atoms with E-state index in [1.54, 1.807) is 7.11 Å². The molecule has 1 saturated carbocycles. The number of nitrogens with zero attached hydrogens (tertiary/aromatic N) is 2. The maximum Gasteiger partial charge on any atom is 0.119 e. The molecule has 0 amide bonds. The van der Waals surface area contributed by atoms with Gasteiger partial charge in [-0.05, 0) is 36.5 Å². The molecule has 1 aromatic carbocycles. The van der Waals surface area contributed by atoms with Crippen LogP contribution in [0.3, 0.4) is 0 Å². The van der Waals surface area contributed by atoms with Gasteiger partial charge < -0.3 is 4.74 Å². The second kappa shape index (κ2) is 7.47. The average molecular weight is 302 g/mol. The molecule has 3 rings (SSSR count). The van der Waals surface area contributed by atoms with E-state index in [4.69, 9.17) is 4.74 Å². The number of piperazine rings is 1. The Bertz CT molecular complexity index is 468. The number of hydrogen-bond acceptors (Lipinski definition) is 3. The lowest BCUT2D eigenvalue weighted by atomic mass is 9.86. The Morgan fingerprint density at radius 1 is 1.14 bits per heavy atom. The molecule has 0 spiro atoms. The smallest absolute Gasteiger partial charge is 0.119 e. The monoisotopic (exact) mass is 302 g/mol. The Hall–Kier alpha value is -1.06. The van der Waals surface area contributed by atoms with E-state index in [0.29, 0.717) is 0 Å². The molecule has 1 aliphatic heterocycles. The first kappa shape index (κ1) is 15.8. The fraction of sp³-hybridized carbons (Fsp3) is 0.684. The molecule has 1 heterocycles. The van der Waals surface area contributed by atoms with Crippen molar-refractivity contribution in [3.05, 3.63) is 29.8 Å². The van der Waals surface area contributed by atoms with Crippen LogP contribution in [-0.2, 0) is 6.54 Å². The minimum absolute atomic E-state index is 0.850. The molecule has 0 N–H and O–H groups in total. The molecular formula is C19H30N2O. The Morgan fingerprint density at radius 3 is 2.68 bits per heavy atom. The van der Waals surface area contributed by atoms with E-state index in [9.17, 15) is 0 Å². The Morgan fingerprint density at radius 2 is 1.95 bits per heavy atom. The Balaban J connectivity index is 1.49. The Labute approximate surface area is 135 Å². The molecule has 0 bridgehead atoms. The number of benzene rings is 1. The van der Waals surface area contributed by atoms with E-state index in [-0.39, 0.29) is 0 Å². The standard InChI is InChI=1S/C19H30N2O/c1-16-5-3-7-18(13-16)21-11-9-20(10-12-21)15-17-6-4-8-19(14-17)22-2/h4,6,8,14,16,18H,3,5,7,9-13,15H2,1-2H3/t16-,18+/m0/s1. The molecule has 1 aliphatic carbocycles. The van der Waals surface area contributed by atoms with Crippen molar-refractivity contribution in [2.75, 3.05) is 33.3 Å². The predicted molar refractivity (Wildman–Crippen MR) is 91.3 cm³/mol. The number of methoxy groups -OCH3 is 1. The molecule has 2 fully saturated rings. The zero-order valence-corrected chi connectivity index (χ0v) is 14.1. The molecule has 3 heteroatoms. The van der Waals surface area contributed by atoms with Gasteiger partial charge in [0.2, 0.25) is 0 Å². The SMILES string of the molecule is COc1cccc(CN2CCN([C@@H]3CCC[C@H](C)C3)CC2)c1. The van der Waals surface area contributed by atoms with Crippen molar-refractivity contribution in [2.45, 2.75) is 45.2 Å². The third-order valence-electron chi connectivity index (χ3n) is 5.37. The van der Waals surface area contributed by atoms with Crippen LogP contribution >= 0.6 is 0 Å². The summed E-state index contributed by atoms with van der Waals surface area (Å²) in [5.74, 6) is 1.89.